The molecule has 1 aromatic rings. The minimum atomic E-state index is -0.477. The number of rotatable bonds is 2. The summed E-state index contributed by atoms with van der Waals surface area (Å²) in [5.74, 6) is 1.27. The lowest BCUT2D eigenvalue weighted by atomic mass is 10.2. The third kappa shape index (κ3) is 3.19. The highest BCUT2D eigenvalue weighted by Crippen LogP contribution is 2.46. The molecule has 0 radical (unpaired) electrons. The van der Waals surface area contributed by atoms with Gasteiger partial charge >= 0.3 is 6.09 Å². The molecule has 0 aliphatic heterocycles. The number of hydrogen-bond donors (Lipinski definition) is 1. The molecule has 1 aliphatic carbocycles. The molecule has 1 saturated carbocycles. The summed E-state index contributed by atoms with van der Waals surface area (Å²) >= 11 is 1.44. The summed E-state index contributed by atoms with van der Waals surface area (Å²) in [6, 6.07) is 0. The fourth-order valence-electron chi connectivity index (χ4n) is 1.72. The Labute approximate surface area is 106 Å². The molecule has 1 amide bonds. The fourth-order valence-corrected chi connectivity index (χ4v) is 2.46. The second-order valence-corrected chi connectivity index (χ2v) is 6.38. The van der Waals surface area contributed by atoms with Gasteiger partial charge in [0.15, 0.2) is 5.82 Å². The number of anilines is 1. The topological polar surface area (TPSA) is 51.2 Å². The van der Waals surface area contributed by atoms with Crippen LogP contribution < -0.4 is 5.32 Å². The van der Waals surface area contributed by atoms with Crippen LogP contribution in [0.3, 0.4) is 0 Å². The number of amides is 1. The molecule has 1 aliphatic rings. The van der Waals surface area contributed by atoms with Crippen molar-refractivity contribution in [3.05, 3.63) is 10.4 Å². The van der Waals surface area contributed by atoms with E-state index in [1.165, 1.54) is 34.8 Å². The molecule has 0 saturated heterocycles. The number of carbonyl (C=O) groups is 1. The van der Waals surface area contributed by atoms with Crippen LogP contribution in [-0.2, 0) is 4.74 Å². The van der Waals surface area contributed by atoms with Crippen molar-refractivity contribution in [3.63, 3.8) is 0 Å². The number of hydrogen-bond acceptors (Lipinski definition) is 4. The molecular weight excluding hydrogens is 236 g/mol. The molecule has 94 valence electrons. The van der Waals surface area contributed by atoms with Crippen LogP contribution in [0, 0.1) is 6.92 Å². The van der Waals surface area contributed by atoms with Gasteiger partial charge in [-0.05, 0) is 58.0 Å². The van der Waals surface area contributed by atoms with Crippen LogP contribution in [0.5, 0.6) is 0 Å². The van der Waals surface area contributed by atoms with Crippen molar-refractivity contribution in [1.29, 1.82) is 0 Å². The molecule has 0 bridgehead atoms. The summed E-state index contributed by atoms with van der Waals surface area (Å²) < 4.78 is 9.50. The zero-order chi connectivity index (χ0) is 12.6. The smallest absolute Gasteiger partial charge is 0.413 e. The van der Waals surface area contributed by atoms with E-state index in [2.05, 4.69) is 9.69 Å². The largest absolute Gasteiger partial charge is 0.444 e. The van der Waals surface area contributed by atoms with Crippen LogP contribution in [0.1, 0.15) is 50.0 Å². The molecule has 5 heteroatoms. The molecule has 0 unspecified atom stereocenters. The van der Waals surface area contributed by atoms with Gasteiger partial charge in [0, 0.05) is 10.4 Å². The Morgan fingerprint density at radius 2 is 2.12 bits per heavy atom. The molecule has 1 fully saturated rings. The zero-order valence-corrected chi connectivity index (χ0v) is 11.5. The average molecular weight is 254 g/mol. The lowest BCUT2D eigenvalue weighted by Gasteiger charge is -2.19. The highest BCUT2D eigenvalue weighted by molar-refractivity contribution is 7.06. The summed E-state index contributed by atoms with van der Waals surface area (Å²) in [6.07, 6.45) is 1.97. The monoisotopic (exact) mass is 254 g/mol. The normalized spacial score (nSPS) is 15.8. The van der Waals surface area contributed by atoms with Gasteiger partial charge < -0.3 is 4.74 Å². The number of carbonyl (C=O) groups excluding carboxylic acids is 1. The van der Waals surface area contributed by atoms with E-state index >= 15 is 0 Å². The number of ether oxygens (including phenoxy) is 1. The lowest BCUT2D eigenvalue weighted by Crippen LogP contribution is -2.27. The molecule has 1 heterocycles. The first-order valence-electron chi connectivity index (χ1n) is 5.83. The first-order valence-corrected chi connectivity index (χ1v) is 6.60. The van der Waals surface area contributed by atoms with Gasteiger partial charge in [-0.1, -0.05) is 0 Å². The van der Waals surface area contributed by atoms with Crippen LogP contribution in [0.25, 0.3) is 0 Å². The lowest BCUT2D eigenvalue weighted by molar-refractivity contribution is 0.0635. The third-order valence-corrected chi connectivity index (χ3v) is 3.28. The molecule has 0 atom stereocenters. The van der Waals surface area contributed by atoms with E-state index in [1.807, 2.05) is 27.7 Å². The van der Waals surface area contributed by atoms with E-state index in [0.717, 1.165) is 0 Å². The van der Waals surface area contributed by atoms with Crippen LogP contribution in [0.15, 0.2) is 0 Å². The van der Waals surface area contributed by atoms with E-state index in [1.54, 1.807) is 0 Å². The van der Waals surface area contributed by atoms with Crippen molar-refractivity contribution in [2.75, 3.05) is 5.32 Å². The quantitative estimate of drug-likeness (QED) is 0.876. The summed E-state index contributed by atoms with van der Waals surface area (Å²) in [4.78, 5) is 12.9. The molecule has 4 nitrogen and oxygen atoms in total. The SMILES string of the molecule is Cc1snc(NC(=O)OC(C)(C)C)c1C1CC1. The fraction of sp³-hybridized carbons (Fsp3) is 0.667. The molecule has 1 aromatic heterocycles. The van der Waals surface area contributed by atoms with Crippen LogP contribution in [-0.4, -0.2) is 16.1 Å². The highest BCUT2D eigenvalue weighted by atomic mass is 32.1. The van der Waals surface area contributed by atoms with Gasteiger partial charge in [0.25, 0.3) is 0 Å². The van der Waals surface area contributed by atoms with Gasteiger partial charge in [-0.3, -0.25) is 5.32 Å². The Morgan fingerprint density at radius 3 is 2.65 bits per heavy atom. The number of nitrogens with zero attached hydrogens (tertiary/aromatic N) is 1. The summed E-state index contributed by atoms with van der Waals surface area (Å²) in [5.41, 5.74) is 0.718. The van der Waals surface area contributed by atoms with E-state index < -0.39 is 11.7 Å². The molecule has 0 aromatic carbocycles. The van der Waals surface area contributed by atoms with Crippen molar-refractivity contribution in [2.24, 2.45) is 0 Å². The second kappa shape index (κ2) is 4.29. The molecule has 2 rings (SSSR count). The van der Waals surface area contributed by atoms with Crippen LogP contribution >= 0.6 is 11.5 Å². The first-order chi connectivity index (χ1) is 7.87. The average Bonchev–Trinajstić information content (AvgIpc) is 2.90. The zero-order valence-electron chi connectivity index (χ0n) is 10.7. The Morgan fingerprint density at radius 1 is 1.47 bits per heavy atom. The minimum Gasteiger partial charge on any atom is -0.444 e. The summed E-state index contributed by atoms with van der Waals surface area (Å²) in [6.45, 7) is 7.59. The van der Waals surface area contributed by atoms with Crippen LogP contribution in [0.2, 0.25) is 0 Å². The predicted octanol–water partition coefficient (Wildman–Crippen LogP) is 3.68. The second-order valence-electron chi connectivity index (χ2n) is 5.40. The molecule has 1 N–H and O–H groups in total. The van der Waals surface area contributed by atoms with Crippen molar-refractivity contribution >= 4 is 23.4 Å². The predicted molar refractivity (Wildman–Crippen MR) is 68.7 cm³/mol. The van der Waals surface area contributed by atoms with Gasteiger partial charge in [0.2, 0.25) is 0 Å². The van der Waals surface area contributed by atoms with Gasteiger partial charge in [-0.25, -0.2) is 4.79 Å². The van der Waals surface area contributed by atoms with E-state index in [4.69, 9.17) is 4.74 Å². The first kappa shape index (κ1) is 12.4. The Kier molecular flexibility index (Phi) is 3.12. The highest BCUT2D eigenvalue weighted by Gasteiger charge is 2.31. The van der Waals surface area contributed by atoms with E-state index in [-0.39, 0.29) is 0 Å². The standard InChI is InChI=1S/C12H18N2O2S/c1-7-9(8-5-6-8)10(14-17-7)13-11(15)16-12(2,3)4/h8H,5-6H2,1-4H3,(H,13,14,15). The van der Waals surface area contributed by atoms with Gasteiger partial charge in [-0.2, -0.15) is 4.37 Å². The third-order valence-electron chi connectivity index (χ3n) is 2.51. The van der Waals surface area contributed by atoms with Gasteiger partial charge in [0.05, 0.1) is 0 Å². The Hall–Kier alpha value is -1.10. The maximum Gasteiger partial charge on any atom is 0.413 e. The summed E-state index contributed by atoms with van der Waals surface area (Å²) in [7, 11) is 0. The van der Waals surface area contributed by atoms with E-state index in [9.17, 15) is 4.79 Å². The molecular formula is C12H18N2O2S. The summed E-state index contributed by atoms with van der Waals surface area (Å²) in [5, 5.41) is 2.75. The van der Waals surface area contributed by atoms with Crippen LogP contribution in [0.4, 0.5) is 10.6 Å². The number of aryl methyl sites for hydroxylation is 1. The maximum absolute atomic E-state index is 11.7. The number of nitrogens with one attached hydrogen (secondary N) is 1. The number of aromatic nitrogens is 1. The van der Waals surface area contributed by atoms with Gasteiger partial charge in [0.1, 0.15) is 5.60 Å². The molecule has 17 heavy (non-hydrogen) atoms. The van der Waals surface area contributed by atoms with Gasteiger partial charge in [-0.15, -0.1) is 0 Å². The Balaban J connectivity index is 2.06. The van der Waals surface area contributed by atoms with E-state index in [0.29, 0.717) is 11.7 Å². The maximum atomic E-state index is 11.7. The Bertz CT molecular complexity index is 430. The molecule has 0 spiro atoms. The van der Waals surface area contributed by atoms with Crippen molar-refractivity contribution in [2.45, 2.75) is 52.1 Å². The minimum absolute atomic E-state index is 0.426. The van der Waals surface area contributed by atoms with Crippen molar-refractivity contribution in [1.82, 2.24) is 4.37 Å². The van der Waals surface area contributed by atoms with Crippen molar-refractivity contribution in [3.8, 4) is 0 Å². The van der Waals surface area contributed by atoms with Crippen molar-refractivity contribution < 1.29 is 9.53 Å².